The number of amides is 1. The fourth-order valence-corrected chi connectivity index (χ4v) is 4.46. The second-order valence-electron chi connectivity index (χ2n) is 9.29. The van der Waals surface area contributed by atoms with Gasteiger partial charge in [0.2, 0.25) is 0 Å². The number of piperidine rings is 1. The van der Waals surface area contributed by atoms with Gasteiger partial charge in [0.1, 0.15) is 23.6 Å². The number of anilines is 3. The third kappa shape index (κ3) is 4.58. The first-order chi connectivity index (χ1) is 15.2. The van der Waals surface area contributed by atoms with Crippen LogP contribution in [0.2, 0.25) is 5.02 Å². The van der Waals surface area contributed by atoms with Gasteiger partial charge in [0, 0.05) is 31.2 Å². The number of aromatic nitrogens is 2. The molecule has 2 fully saturated rings. The molecule has 3 heterocycles. The molecule has 168 valence electrons. The number of halogens is 1. The maximum absolute atomic E-state index is 12.4. The molecule has 2 saturated heterocycles. The number of nitrogens with one attached hydrogen (secondary N) is 1. The van der Waals surface area contributed by atoms with Crippen LogP contribution in [0.15, 0.2) is 30.6 Å². The van der Waals surface area contributed by atoms with E-state index in [4.69, 9.17) is 21.6 Å². The van der Waals surface area contributed by atoms with Crippen molar-refractivity contribution in [3.05, 3.63) is 41.2 Å². The van der Waals surface area contributed by atoms with Crippen LogP contribution in [0.4, 0.5) is 22.1 Å². The van der Waals surface area contributed by atoms with Crippen molar-refractivity contribution in [3.8, 4) is 6.07 Å². The van der Waals surface area contributed by atoms with E-state index in [2.05, 4.69) is 26.3 Å². The summed E-state index contributed by atoms with van der Waals surface area (Å²) in [6.45, 7) is 7.91. The van der Waals surface area contributed by atoms with Crippen LogP contribution in [0.25, 0.3) is 0 Å². The van der Waals surface area contributed by atoms with Gasteiger partial charge in [-0.15, -0.1) is 0 Å². The molecule has 1 aromatic heterocycles. The van der Waals surface area contributed by atoms with Crippen LogP contribution in [0.5, 0.6) is 0 Å². The molecule has 2 aliphatic rings. The average molecular weight is 455 g/mol. The summed E-state index contributed by atoms with van der Waals surface area (Å²) < 4.78 is 5.52. The quantitative estimate of drug-likeness (QED) is 0.716. The molecule has 32 heavy (non-hydrogen) atoms. The third-order valence-corrected chi connectivity index (χ3v) is 6.32. The molecule has 0 atom stereocenters. The van der Waals surface area contributed by atoms with Gasteiger partial charge in [-0.05, 0) is 58.2 Å². The second kappa shape index (κ2) is 8.47. The van der Waals surface area contributed by atoms with Gasteiger partial charge in [-0.1, -0.05) is 11.6 Å². The van der Waals surface area contributed by atoms with Crippen molar-refractivity contribution in [1.82, 2.24) is 14.9 Å². The molecule has 0 saturated carbocycles. The minimum Gasteiger partial charge on any atom is -0.444 e. The molecule has 2 aromatic rings. The number of hydrogen-bond acceptors (Lipinski definition) is 7. The standard InChI is InChI=1S/C23H27ClN6O2/c1-22(2,3)32-21(31)29-9-6-23(7-10-29)8-11-30(23)20-13-19(26-15-27-20)28-18-5-4-16(14-25)12-17(18)24/h4-5,12-13,15H,6-11H2,1-3H3,(H,26,27,28). The van der Waals surface area contributed by atoms with E-state index in [9.17, 15) is 4.79 Å². The normalized spacial score (nSPS) is 17.5. The Labute approximate surface area is 193 Å². The first-order valence-corrected chi connectivity index (χ1v) is 11.1. The summed E-state index contributed by atoms with van der Waals surface area (Å²) in [5, 5.41) is 12.7. The van der Waals surface area contributed by atoms with Crippen LogP contribution in [0.3, 0.4) is 0 Å². The highest BCUT2D eigenvalue weighted by Crippen LogP contribution is 2.43. The van der Waals surface area contributed by atoms with Crippen molar-refractivity contribution in [1.29, 1.82) is 5.26 Å². The van der Waals surface area contributed by atoms with Gasteiger partial charge in [0.05, 0.1) is 22.3 Å². The molecule has 9 heteroatoms. The molecule has 2 aliphatic heterocycles. The highest BCUT2D eigenvalue weighted by atomic mass is 35.5. The molecule has 0 unspecified atom stereocenters. The van der Waals surface area contributed by atoms with E-state index in [1.807, 2.05) is 26.8 Å². The van der Waals surface area contributed by atoms with Gasteiger partial charge < -0.3 is 19.9 Å². The van der Waals surface area contributed by atoms with Crippen LogP contribution >= 0.6 is 11.6 Å². The second-order valence-corrected chi connectivity index (χ2v) is 9.69. The fraction of sp³-hybridized carbons (Fsp3) is 0.478. The number of nitrogens with zero attached hydrogens (tertiary/aromatic N) is 5. The summed E-state index contributed by atoms with van der Waals surface area (Å²) >= 11 is 6.28. The topological polar surface area (TPSA) is 94.4 Å². The Balaban J connectivity index is 1.43. The van der Waals surface area contributed by atoms with E-state index < -0.39 is 5.60 Å². The zero-order valence-corrected chi connectivity index (χ0v) is 19.3. The molecule has 1 N–H and O–H groups in total. The summed E-state index contributed by atoms with van der Waals surface area (Å²) in [6.07, 6.45) is 4.12. The first kappa shape index (κ1) is 22.2. The number of likely N-dealkylation sites (tertiary alicyclic amines) is 1. The Morgan fingerprint density at radius 2 is 1.91 bits per heavy atom. The predicted molar refractivity (Wildman–Crippen MR) is 123 cm³/mol. The molecular weight excluding hydrogens is 428 g/mol. The van der Waals surface area contributed by atoms with Gasteiger partial charge in [0.15, 0.2) is 0 Å². The fourth-order valence-electron chi connectivity index (χ4n) is 4.24. The van der Waals surface area contributed by atoms with Gasteiger partial charge >= 0.3 is 6.09 Å². The smallest absolute Gasteiger partial charge is 0.410 e. The van der Waals surface area contributed by atoms with Crippen molar-refractivity contribution in [2.24, 2.45) is 0 Å². The number of rotatable bonds is 3. The first-order valence-electron chi connectivity index (χ1n) is 10.7. The molecule has 0 aliphatic carbocycles. The minimum atomic E-state index is -0.489. The molecule has 1 aromatic carbocycles. The maximum atomic E-state index is 12.4. The molecule has 4 rings (SSSR count). The Morgan fingerprint density at radius 3 is 2.50 bits per heavy atom. The maximum Gasteiger partial charge on any atom is 0.410 e. The summed E-state index contributed by atoms with van der Waals surface area (Å²) in [5.74, 6) is 1.49. The lowest BCUT2D eigenvalue weighted by Gasteiger charge is -2.57. The number of ether oxygens (including phenoxy) is 1. The number of carbonyl (C=O) groups is 1. The van der Waals surface area contributed by atoms with Crippen molar-refractivity contribution in [2.45, 2.75) is 51.2 Å². The summed E-state index contributed by atoms with van der Waals surface area (Å²) in [4.78, 5) is 25.3. The van der Waals surface area contributed by atoms with Crippen LogP contribution < -0.4 is 10.2 Å². The monoisotopic (exact) mass is 454 g/mol. The average Bonchev–Trinajstić information content (AvgIpc) is 2.73. The Bertz CT molecular complexity index is 1050. The lowest BCUT2D eigenvalue weighted by Crippen LogP contribution is -2.65. The zero-order valence-electron chi connectivity index (χ0n) is 18.6. The van der Waals surface area contributed by atoms with Crippen LogP contribution in [-0.2, 0) is 4.74 Å². The molecule has 0 radical (unpaired) electrons. The van der Waals surface area contributed by atoms with E-state index >= 15 is 0 Å². The van der Waals surface area contributed by atoms with E-state index in [-0.39, 0.29) is 11.6 Å². The largest absolute Gasteiger partial charge is 0.444 e. The predicted octanol–water partition coefficient (Wildman–Crippen LogP) is 4.73. The Kier molecular flexibility index (Phi) is 5.87. The highest BCUT2D eigenvalue weighted by Gasteiger charge is 2.48. The number of nitriles is 1. The van der Waals surface area contributed by atoms with Gasteiger partial charge in [0.25, 0.3) is 0 Å². The van der Waals surface area contributed by atoms with Crippen molar-refractivity contribution < 1.29 is 9.53 Å². The SMILES string of the molecule is CC(C)(C)OC(=O)N1CCC2(CC1)CCN2c1cc(Nc2ccc(C#N)cc2Cl)ncn1. The number of carbonyl (C=O) groups excluding carboxylic acids is 1. The molecule has 1 amide bonds. The van der Waals surface area contributed by atoms with Crippen LogP contribution in [-0.4, -0.2) is 51.7 Å². The number of hydrogen-bond donors (Lipinski definition) is 1. The van der Waals surface area contributed by atoms with E-state index in [1.54, 1.807) is 23.1 Å². The van der Waals surface area contributed by atoms with Crippen molar-refractivity contribution >= 4 is 35.0 Å². The number of benzene rings is 1. The van der Waals surface area contributed by atoms with Crippen molar-refractivity contribution in [3.63, 3.8) is 0 Å². The van der Waals surface area contributed by atoms with Crippen LogP contribution in [0, 0.1) is 11.3 Å². The van der Waals surface area contributed by atoms with E-state index in [0.29, 0.717) is 35.2 Å². The third-order valence-electron chi connectivity index (χ3n) is 6.01. The molecule has 0 bridgehead atoms. The van der Waals surface area contributed by atoms with Crippen LogP contribution in [0.1, 0.15) is 45.6 Å². The lowest BCUT2D eigenvalue weighted by atomic mass is 9.76. The lowest BCUT2D eigenvalue weighted by molar-refractivity contribution is 0.0129. The highest BCUT2D eigenvalue weighted by molar-refractivity contribution is 6.33. The molecule has 8 nitrogen and oxygen atoms in total. The van der Waals surface area contributed by atoms with Crippen molar-refractivity contribution in [2.75, 3.05) is 29.9 Å². The zero-order chi connectivity index (χ0) is 22.9. The molecule has 1 spiro atoms. The minimum absolute atomic E-state index is 0.0101. The summed E-state index contributed by atoms with van der Waals surface area (Å²) in [6, 6.07) is 9.08. The molecular formula is C23H27ClN6O2. The Morgan fingerprint density at radius 1 is 1.19 bits per heavy atom. The Hall–Kier alpha value is -3.05. The van der Waals surface area contributed by atoms with Gasteiger partial charge in [-0.25, -0.2) is 14.8 Å². The van der Waals surface area contributed by atoms with E-state index in [0.717, 1.165) is 31.6 Å². The summed E-state index contributed by atoms with van der Waals surface area (Å²) in [5.41, 5.74) is 0.705. The van der Waals surface area contributed by atoms with Gasteiger partial charge in [-0.2, -0.15) is 5.26 Å². The summed E-state index contributed by atoms with van der Waals surface area (Å²) in [7, 11) is 0. The van der Waals surface area contributed by atoms with Gasteiger partial charge in [-0.3, -0.25) is 0 Å². The van der Waals surface area contributed by atoms with E-state index in [1.165, 1.54) is 6.33 Å².